The Balaban J connectivity index is 1.35. The predicted molar refractivity (Wildman–Crippen MR) is 89.5 cm³/mol. The van der Waals surface area contributed by atoms with Gasteiger partial charge in [0.2, 0.25) is 0 Å². The number of carbonyl (C=O) groups is 1. The minimum Gasteiger partial charge on any atom is -0.381 e. The van der Waals surface area contributed by atoms with Gasteiger partial charge in [0, 0.05) is 45.1 Å². The summed E-state index contributed by atoms with van der Waals surface area (Å²) in [5.41, 5.74) is 1.19. The van der Waals surface area contributed by atoms with Crippen molar-refractivity contribution in [2.45, 2.75) is 31.7 Å². The highest BCUT2D eigenvalue weighted by Crippen LogP contribution is 2.21. The number of hydrogen-bond donors (Lipinski definition) is 2. The van der Waals surface area contributed by atoms with Crippen molar-refractivity contribution in [1.82, 2.24) is 15.6 Å². The molecule has 0 unspecified atom stereocenters. The molecule has 0 radical (unpaired) electrons. The van der Waals surface area contributed by atoms with Crippen LogP contribution in [0.1, 0.15) is 25.7 Å². The Morgan fingerprint density at radius 3 is 2.74 bits per heavy atom. The number of anilines is 1. The van der Waals surface area contributed by atoms with Crippen LogP contribution < -0.4 is 15.5 Å². The SMILES string of the molecule is O=C(NCC1CCN(c2cccnc2)CC1)NC1CCOCC1. The van der Waals surface area contributed by atoms with E-state index in [2.05, 4.69) is 26.6 Å². The van der Waals surface area contributed by atoms with Crippen LogP contribution in [0.4, 0.5) is 10.5 Å². The molecule has 126 valence electrons. The van der Waals surface area contributed by atoms with Gasteiger partial charge in [0.25, 0.3) is 0 Å². The van der Waals surface area contributed by atoms with Gasteiger partial charge in [-0.3, -0.25) is 4.98 Å². The summed E-state index contributed by atoms with van der Waals surface area (Å²) in [6.07, 6.45) is 7.75. The third-order valence-electron chi connectivity index (χ3n) is 4.73. The maximum Gasteiger partial charge on any atom is 0.315 e. The molecule has 23 heavy (non-hydrogen) atoms. The van der Waals surface area contributed by atoms with Crippen molar-refractivity contribution in [1.29, 1.82) is 0 Å². The van der Waals surface area contributed by atoms with Crippen LogP contribution in [0.15, 0.2) is 24.5 Å². The summed E-state index contributed by atoms with van der Waals surface area (Å²) in [4.78, 5) is 18.5. The Morgan fingerprint density at radius 2 is 2.04 bits per heavy atom. The summed E-state index contributed by atoms with van der Waals surface area (Å²) in [7, 11) is 0. The van der Waals surface area contributed by atoms with Crippen molar-refractivity contribution >= 4 is 11.7 Å². The van der Waals surface area contributed by atoms with Gasteiger partial charge >= 0.3 is 6.03 Å². The molecule has 0 saturated carbocycles. The van der Waals surface area contributed by atoms with Crippen LogP contribution >= 0.6 is 0 Å². The van der Waals surface area contributed by atoms with Gasteiger partial charge in [-0.2, -0.15) is 0 Å². The van der Waals surface area contributed by atoms with Gasteiger partial charge in [-0.15, -0.1) is 0 Å². The first-order chi connectivity index (χ1) is 11.3. The molecule has 2 aliphatic rings. The number of amides is 2. The van der Waals surface area contributed by atoms with Crippen LogP contribution in [0.2, 0.25) is 0 Å². The average Bonchev–Trinajstić information content (AvgIpc) is 2.62. The Morgan fingerprint density at radius 1 is 1.26 bits per heavy atom. The van der Waals surface area contributed by atoms with Gasteiger partial charge in [0.05, 0.1) is 11.9 Å². The summed E-state index contributed by atoms with van der Waals surface area (Å²) < 4.78 is 5.30. The lowest BCUT2D eigenvalue weighted by Crippen LogP contribution is -2.46. The van der Waals surface area contributed by atoms with E-state index in [9.17, 15) is 4.79 Å². The van der Waals surface area contributed by atoms with E-state index in [0.29, 0.717) is 5.92 Å². The van der Waals surface area contributed by atoms with Crippen LogP contribution in [0.3, 0.4) is 0 Å². The number of nitrogens with one attached hydrogen (secondary N) is 2. The molecule has 6 heteroatoms. The van der Waals surface area contributed by atoms with Crippen molar-refractivity contribution in [2.24, 2.45) is 5.92 Å². The number of pyridine rings is 1. The van der Waals surface area contributed by atoms with Gasteiger partial charge in [-0.1, -0.05) is 0 Å². The molecular weight excluding hydrogens is 292 g/mol. The molecule has 2 saturated heterocycles. The molecule has 6 nitrogen and oxygen atoms in total. The summed E-state index contributed by atoms with van der Waals surface area (Å²) in [5.74, 6) is 0.559. The second kappa shape index (κ2) is 8.15. The molecule has 1 aromatic heterocycles. The molecule has 2 amide bonds. The van der Waals surface area contributed by atoms with Gasteiger partial charge in [-0.05, 0) is 43.7 Å². The fourth-order valence-corrected chi connectivity index (χ4v) is 3.25. The van der Waals surface area contributed by atoms with E-state index in [1.807, 2.05) is 12.3 Å². The highest BCUT2D eigenvalue weighted by atomic mass is 16.5. The minimum absolute atomic E-state index is 0.0356. The maximum atomic E-state index is 12.0. The number of carbonyl (C=O) groups excluding carboxylic acids is 1. The molecule has 0 spiro atoms. The lowest BCUT2D eigenvalue weighted by atomic mass is 9.96. The Kier molecular flexibility index (Phi) is 5.69. The average molecular weight is 318 g/mol. The standard InChI is InChI=1S/C17H26N4O2/c22-17(20-15-5-10-23-11-6-15)19-12-14-3-8-21(9-4-14)16-2-1-7-18-13-16/h1-2,7,13-15H,3-6,8-12H2,(H2,19,20,22). The van der Waals surface area contributed by atoms with Gasteiger partial charge in [-0.25, -0.2) is 4.79 Å². The monoisotopic (exact) mass is 318 g/mol. The molecule has 0 aliphatic carbocycles. The van der Waals surface area contributed by atoms with E-state index in [1.165, 1.54) is 5.69 Å². The smallest absolute Gasteiger partial charge is 0.315 e. The second-order valence-electron chi connectivity index (χ2n) is 6.38. The molecule has 0 aromatic carbocycles. The molecule has 1 aromatic rings. The number of nitrogens with zero attached hydrogens (tertiary/aromatic N) is 2. The van der Waals surface area contributed by atoms with Crippen molar-refractivity contribution in [3.05, 3.63) is 24.5 Å². The van der Waals surface area contributed by atoms with E-state index >= 15 is 0 Å². The lowest BCUT2D eigenvalue weighted by Gasteiger charge is -2.33. The quantitative estimate of drug-likeness (QED) is 0.888. The van der Waals surface area contributed by atoms with Crippen molar-refractivity contribution < 1.29 is 9.53 Å². The zero-order valence-corrected chi connectivity index (χ0v) is 13.5. The van der Waals surface area contributed by atoms with Gasteiger partial charge in [0.15, 0.2) is 0 Å². The van der Waals surface area contributed by atoms with Crippen molar-refractivity contribution in [3.8, 4) is 0 Å². The Labute approximate surface area is 137 Å². The number of rotatable bonds is 4. The summed E-state index contributed by atoms with van der Waals surface area (Å²) >= 11 is 0. The van der Waals surface area contributed by atoms with Crippen molar-refractivity contribution in [3.63, 3.8) is 0 Å². The Bertz CT molecular complexity index is 483. The van der Waals surface area contributed by atoms with Crippen LogP contribution in [0.5, 0.6) is 0 Å². The molecular formula is C17H26N4O2. The number of ether oxygens (including phenoxy) is 1. The summed E-state index contributed by atoms with van der Waals surface area (Å²) in [6.45, 7) is 4.31. The van der Waals surface area contributed by atoms with E-state index in [0.717, 1.165) is 58.5 Å². The third kappa shape index (κ3) is 4.82. The highest BCUT2D eigenvalue weighted by molar-refractivity contribution is 5.74. The van der Waals surface area contributed by atoms with Crippen LogP contribution in [-0.4, -0.2) is 49.9 Å². The topological polar surface area (TPSA) is 66.5 Å². The van der Waals surface area contributed by atoms with E-state index in [4.69, 9.17) is 4.74 Å². The largest absolute Gasteiger partial charge is 0.381 e. The van der Waals surface area contributed by atoms with Crippen molar-refractivity contribution in [2.75, 3.05) is 37.7 Å². The highest BCUT2D eigenvalue weighted by Gasteiger charge is 2.21. The zero-order chi connectivity index (χ0) is 15.9. The third-order valence-corrected chi connectivity index (χ3v) is 4.73. The number of aromatic nitrogens is 1. The van der Waals surface area contributed by atoms with Crippen LogP contribution in [0.25, 0.3) is 0 Å². The number of urea groups is 1. The maximum absolute atomic E-state index is 12.0. The fourth-order valence-electron chi connectivity index (χ4n) is 3.25. The fraction of sp³-hybridized carbons (Fsp3) is 0.647. The first kappa shape index (κ1) is 16.1. The van der Waals surface area contributed by atoms with E-state index in [1.54, 1.807) is 6.20 Å². The summed E-state index contributed by atoms with van der Waals surface area (Å²) in [6, 6.07) is 4.30. The summed E-state index contributed by atoms with van der Waals surface area (Å²) in [5, 5.41) is 6.08. The number of hydrogen-bond acceptors (Lipinski definition) is 4. The first-order valence-corrected chi connectivity index (χ1v) is 8.58. The van der Waals surface area contributed by atoms with Gasteiger partial charge in [0.1, 0.15) is 0 Å². The predicted octanol–water partition coefficient (Wildman–Crippen LogP) is 1.78. The zero-order valence-electron chi connectivity index (χ0n) is 13.5. The lowest BCUT2D eigenvalue weighted by molar-refractivity contribution is 0.0800. The van der Waals surface area contributed by atoms with E-state index < -0.39 is 0 Å². The Hall–Kier alpha value is -1.82. The molecule has 2 fully saturated rings. The molecule has 0 atom stereocenters. The van der Waals surface area contributed by atoms with Gasteiger partial charge < -0.3 is 20.3 Å². The van der Waals surface area contributed by atoms with E-state index in [-0.39, 0.29) is 12.1 Å². The second-order valence-corrected chi connectivity index (χ2v) is 6.38. The van der Waals surface area contributed by atoms with Crippen LogP contribution in [-0.2, 0) is 4.74 Å². The van der Waals surface area contributed by atoms with Crippen LogP contribution in [0, 0.1) is 5.92 Å². The first-order valence-electron chi connectivity index (χ1n) is 8.58. The molecule has 3 heterocycles. The molecule has 0 bridgehead atoms. The minimum atomic E-state index is -0.0356. The normalized spacial score (nSPS) is 20.3. The number of piperidine rings is 1. The molecule has 2 aliphatic heterocycles. The molecule has 2 N–H and O–H groups in total. The molecule has 3 rings (SSSR count).